The van der Waals surface area contributed by atoms with Crippen molar-refractivity contribution in [1.29, 1.82) is 0 Å². The summed E-state index contributed by atoms with van der Waals surface area (Å²) in [5, 5.41) is 3.54. The number of halogens is 1. The number of allylic oxidation sites excluding steroid dienone is 2. The quantitative estimate of drug-likeness (QED) is 0.474. The van der Waals surface area contributed by atoms with Gasteiger partial charge in [0.25, 0.3) is 0 Å². The van der Waals surface area contributed by atoms with E-state index < -0.39 is 15.7 Å². The summed E-state index contributed by atoms with van der Waals surface area (Å²) in [5.41, 5.74) is 7.19. The zero-order valence-corrected chi connectivity index (χ0v) is 18.8. The van der Waals surface area contributed by atoms with Crippen LogP contribution in [0.1, 0.15) is 13.3 Å². The fourth-order valence-electron chi connectivity index (χ4n) is 2.78. The average Bonchev–Trinajstić information content (AvgIpc) is 2.79. The standard InChI is InChI=1S/C23H21ClN4O3S/c1-2-18(4-3-5-22(25)29)27-23-26-15-14-21(28-23)16-6-10-19(11-7-16)32(30,31)20-12-8-17(24)9-13-20/h2-4,6-15H,5H2,1H3,(H2,25,29)(H,26,27,28)/b4-3-,18-2+. The third-order valence-corrected chi connectivity index (χ3v) is 6.46. The zero-order valence-electron chi connectivity index (χ0n) is 17.2. The number of aromatic nitrogens is 2. The molecule has 0 aliphatic heterocycles. The molecular formula is C23H21ClN4O3S. The summed E-state index contributed by atoms with van der Waals surface area (Å²) in [6, 6.07) is 14.2. The number of carbonyl (C=O) groups excluding carboxylic acids is 1. The molecule has 1 amide bonds. The highest BCUT2D eigenvalue weighted by atomic mass is 35.5. The van der Waals surface area contributed by atoms with Gasteiger partial charge in [-0.15, -0.1) is 0 Å². The number of nitrogens with zero attached hydrogens (tertiary/aromatic N) is 2. The molecule has 0 aliphatic carbocycles. The lowest BCUT2D eigenvalue weighted by atomic mass is 10.1. The molecule has 1 heterocycles. The zero-order chi connectivity index (χ0) is 23.1. The van der Waals surface area contributed by atoms with Crippen molar-refractivity contribution in [1.82, 2.24) is 9.97 Å². The van der Waals surface area contributed by atoms with Crippen LogP contribution < -0.4 is 11.1 Å². The number of primary amides is 1. The predicted octanol–water partition coefficient (Wildman–Crippen LogP) is 4.38. The topological polar surface area (TPSA) is 115 Å². The first-order valence-corrected chi connectivity index (χ1v) is 11.5. The van der Waals surface area contributed by atoms with Crippen LogP contribution in [0.25, 0.3) is 11.3 Å². The van der Waals surface area contributed by atoms with Gasteiger partial charge in [-0.2, -0.15) is 0 Å². The lowest BCUT2D eigenvalue weighted by Gasteiger charge is -2.09. The minimum absolute atomic E-state index is 0.130. The fourth-order valence-corrected chi connectivity index (χ4v) is 4.16. The van der Waals surface area contributed by atoms with Crippen molar-refractivity contribution in [2.75, 3.05) is 5.32 Å². The molecule has 32 heavy (non-hydrogen) atoms. The summed E-state index contributed by atoms with van der Waals surface area (Å²) in [7, 11) is -3.65. The van der Waals surface area contributed by atoms with Gasteiger partial charge in [-0.3, -0.25) is 4.79 Å². The van der Waals surface area contributed by atoms with Crippen LogP contribution in [-0.4, -0.2) is 24.3 Å². The van der Waals surface area contributed by atoms with E-state index in [1.165, 1.54) is 12.1 Å². The second kappa shape index (κ2) is 10.2. The molecule has 0 spiro atoms. The van der Waals surface area contributed by atoms with E-state index in [0.717, 1.165) is 5.56 Å². The van der Waals surface area contributed by atoms with Crippen LogP contribution in [0.4, 0.5) is 5.95 Å². The van der Waals surface area contributed by atoms with Crippen LogP contribution in [-0.2, 0) is 14.6 Å². The van der Waals surface area contributed by atoms with E-state index >= 15 is 0 Å². The number of carbonyl (C=O) groups is 1. The highest BCUT2D eigenvalue weighted by Gasteiger charge is 2.17. The molecule has 0 saturated carbocycles. The second-order valence-electron chi connectivity index (χ2n) is 6.69. The number of nitrogens with two attached hydrogens (primary N) is 1. The van der Waals surface area contributed by atoms with Crippen molar-refractivity contribution in [3.8, 4) is 11.3 Å². The number of nitrogens with one attached hydrogen (secondary N) is 1. The Hall–Kier alpha value is -3.49. The molecule has 2 aromatic carbocycles. The first-order valence-electron chi connectivity index (χ1n) is 9.62. The first-order chi connectivity index (χ1) is 15.3. The molecule has 0 bridgehead atoms. The SMILES string of the molecule is C/C=C(\C=C/CC(N)=O)Nc1nccc(-c2ccc(S(=O)(=O)c3ccc(Cl)cc3)cc2)n1. The highest BCUT2D eigenvalue weighted by molar-refractivity contribution is 7.91. The van der Waals surface area contributed by atoms with E-state index in [0.29, 0.717) is 22.4 Å². The van der Waals surface area contributed by atoms with Crippen LogP contribution in [0, 0.1) is 0 Å². The molecule has 0 aliphatic rings. The molecule has 7 nitrogen and oxygen atoms in total. The summed E-state index contributed by atoms with van der Waals surface area (Å²) in [6.07, 6.45) is 6.91. The first kappa shape index (κ1) is 23.2. The maximum Gasteiger partial charge on any atom is 0.227 e. The molecule has 0 fully saturated rings. The number of hydrogen-bond donors (Lipinski definition) is 2. The van der Waals surface area contributed by atoms with E-state index in [4.69, 9.17) is 17.3 Å². The number of amides is 1. The largest absolute Gasteiger partial charge is 0.369 e. The van der Waals surface area contributed by atoms with Gasteiger partial charge in [0.15, 0.2) is 0 Å². The van der Waals surface area contributed by atoms with E-state index in [-0.39, 0.29) is 16.2 Å². The Morgan fingerprint density at radius 1 is 1.06 bits per heavy atom. The van der Waals surface area contributed by atoms with Gasteiger partial charge in [0.1, 0.15) is 0 Å². The Morgan fingerprint density at radius 2 is 1.69 bits per heavy atom. The van der Waals surface area contributed by atoms with Gasteiger partial charge in [0, 0.05) is 28.9 Å². The molecule has 1 aromatic heterocycles. The third-order valence-electron chi connectivity index (χ3n) is 4.42. The molecule has 164 valence electrons. The fraction of sp³-hybridized carbons (Fsp3) is 0.0870. The summed E-state index contributed by atoms with van der Waals surface area (Å²) in [6.45, 7) is 1.83. The molecule has 3 aromatic rings. The van der Waals surface area contributed by atoms with Gasteiger partial charge >= 0.3 is 0 Å². The van der Waals surface area contributed by atoms with Crippen LogP contribution >= 0.6 is 11.6 Å². The molecular weight excluding hydrogens is 448 g/mol. The Kier molecular flexibility index (Phi) is 7.40. The van der Waals surface area contributed by atoms with E-state index in [1.54, 1.807) is 60.8 Å². The van der Waals surface area contributed by atoms with Gasteiger partial charge in [-0.1, -0.05) is 35.9 Å². The minimum atomic E-state index is -3.65. The molecule has 3 N–H and O–H groups in total. The van der Waals surface area contributed by atoms with E-state index in [1.807, 2.05) is 13.0 Å². The van der Waals surface area contributed by atoms with Crippen molar-refractivity contribution in [3.05, 3.63) is 89.7 Å². The average molecular weight is 469 g/mol. The maximum absolute atomic E-state index is 12.8. The molecule has 0 atom stereocenters. The smallest absolute Gasteiger partial charge is 0.227 e. The van der Waals surface area contributed by atoms with Crippen molar-refractivity contribution in [2.24, 2.45) is 5.73 Å². The summed E-state index contributed by atoms with van der Waals surface area (Å²) in [4.78, 5) is 19.9. The molecule has 0 saturated heterocycles. The van der Waals surface area contributed by atoms with Crippen LogP contribution in [0.3, 0.4) is 0 Å². The Labute approximate surface area is 191 Å². The minimum Gasteiger partial charge on any atom is -0.369 e. The van der Waals surface area contributed by atoms with Gasteiger partial charge in [0.2, 0.25) is 21.7 Å². The third kappa shape index (κ3) is 5.81. The summed E-state index contributed by atoms with van der Waals surface area (Å²) < 4.78 is 25.6. The van der Waals surface area contributed by atoms with Gasteiger partial charge < -0.3 is 11.1 Å². The molecule has 0 radical (unpaired) electrons. The summed E-state index contributed by atoms with van der Waals surface area (Å²) in [5.74, 6) is -0.0614. The van der Waals surface area contributed by atoms with Crippen LogP contribution in [0.5, 0.6) is 0 Å². The van der Waals surface area contributed by atoms with E-state index in [2.05, 4.69) is 15.3 Å². The van der Waals surface area contributed by atoms with Crippen molar-refractivity contribution in [3.63, 3.8) is 0 Å². The van der Waals surface area contributed by atoms with Gasteiger partial charge in [0.05, 0.1) is 15.5 Å². The highest BCUT2D eigenvalue weighted by Crippen LogP contribution is 2.25. The second-order valence-corrected chi connectivity index (χ2v) is 9.08. The molecule has 3 rings (SSSR count). The Morgan fingerprint density at radius 3 is 2.28 bits per heavy atom. The lowest BCUT2D eigenvalue weighted by Crippen LogP contribution is -2.08. The van der Waals surface area contributed by atoms with Gasteiger partial charge in [-0.05, 0) is 55.5 Å². The predicted molar refractivity (Wildman–Crippen MR) is 125 cm³/mol. The maximum atomic E-state index is 12.8. The number of hydrogen-bond acceptors (Lipinski definition) is 6. The van der Waals surface area contributed by atoms with Gasteiger partial charge in [-0.25, -0.2) is 18.4 Å². The number of rotatable bonds is 8. The Balaban J connectivity index is 1.80. The number of sulfone groups is 1. The van der Waals surface area contributed by atoms with Crippen molar-refractivity contribution in [2.45, 2.75) is 23.1 Å². The molecule has 0 unspecified atom stereocenters. The van der Waals surface area contributed by atoms with Crippen molar-refractivity contribution >= 4 is 33.3 Å². The van der Waals surface area contributed by atoms with Crippen LogP contribution in [0.2, 0.25) is 5.02 Å². The van der Waals surface area contributed by atoms with Crippen LogP contribution in [0.15, 0.2) is 94.5 Å². The number of benzene rings is 2. The summed E-state index contributed by atoms with van der Waals surface area (Å²) >= 11 is 5.85. The normalized spacial score (nSPS) is 12.1. The monoisotopic (exact) mass is 468 g/mol. The Bertz CT molecular complexity index is 1270. The molecule has 9 heteroatoms. The van der Waals surface area contributed by atoms with Crippen molar-refractivity contribution < 1.29 is 13.2 Å². The lowest BCUT2D eigenvalue weighted by molar-refractivity contribution is -0.117. The van der Waals surface area contributed by atoms with E-state index in [9.17, 15) is 13.2 Å². The number of anilines is 1.